The summed E-state index contributed by atoms with van der Waals surface area (Å²) in [6.45, 7) is 5.67. The molecule has 2 rings (SSSR count). The Morgan fingerprint density at radius 1 is 1.38 bits per heavy atom. The zero-order chi connectivity index (χ0) is 11.5. The van der Waals surface area contributed by atoms with Crippen LogP contribution in [0.25, 0.3) is 0 Å². The molecule has 2 nitrogen and oxygen atoms in total. The Kier molecular flexibility index (Phi) is 3.39. The van der Waals surface area contributed by atoms with Crippen LogP contribution in [0.4, 0.5) is 0 Å². The highest BCUT2D eigenvalue weighted by Crippen LogP contribution is 2.20. The first-order valence-electron chi connectivity index (χ1n) is 5.85. The lowest BCUT2D eigenvalue weighted by Crippen LogP contribution is -2.09. The number of hydrogen-bond acceptors (Lipinski definition) is 2. The Hall–Kier alpha value is -1.15. The molecule has 0 N–H and O–H groups in total. The molecule has 1 fully saturated rings. The van der Waals surface area contributed by atoms with E-state index in [1.54, 1.807) is 0 Å². The van der Waals surface area contributed by atoms with Gasteiger partial charge in [-0.3, -0.25) is 4.79 Å². The van der Waals surface area contributed by atoms with Crippen LogP contribution in [0.2, 0.25) is 0 Å². The van der Waals surface area contributed by atoms with Crippen molar-refractivity contribution in [1.29, 1.82) is 0 Å². The van der Waals surface area contributed by atoms with E-state index in [9.17, 15) is 4.79 Å². The Morgan fingerprint density at radius 3 is 2.81 bits per heavy atom. The molecule has 1 heterocycles. The molecule has 0 aromatic heterocycles. The first-order chi connectivity index (χ1) is 7.66. The highest BCUT2D eigenvalue weighted by molar-refractivity contribution is 5.96. The molecule has 86 valence electrons. The van der Waals surface area contributed by atoms with Crippen molar-refractivity contribution in [2.24, 2.45) is 5.92 Å². The van der Waals surface area contributed by atoms with Gasteiger partial charge in [-0.2, -0.15) is 0 Å². The molecule has 0 aliphatic carbocycles. The van der Waals surface area contributed by atoms with Crippen molar-refractivity contribution in [3.05, 3.63) is 34.9 Å². The van der Waals surface area contributed by atoms with Gasteiger partial charge in [0.1, 0.15) is 0 Å². The Bertz CT molecular complexity index is 390. The molecule has 1 aromatic carbocycles. The molecular formula is C14H18O2. The number of ether oxygens (including phenoxy) is 1. The molecule has 1 unspecified atom stereocenters. The van der Waals surface area contributed by atoms with Gasteiger partial charge in [-0.15, -0.1) is 0 Å². The van der Waals surface area contributed by atoms with Crippen molar-refractivity contribution in [3.63, 3.8) is 0 Å². The summed E-state index contributed by atoms with van der Waals surface area (Å²) in [7, 11) is 0. The lowest BCUT2D eigenvalue weighted by molar-refractivity contribution is 0.0952. The fourth-order valence-electron chi connectivity index (χ4n) is 2.04. The van der Waals surface area contributed by atoms with Gasteiger partial charge in [-0.05, 0) is 43.4 Å². The molecule has 1 aliphatic heterocycles. The molecule has 2 heteroatoms. The van der Waals surface area contributed by atoms with Crippen LogP contribution in [-0.4, -0.2) is 19.0 Å². The largest absolute Gasteiger partial charge is 0.381 e. The van der Waals surface area contributed by atoms with E-state index in [1.807, 2.05) is 25.1 Å². The maximum absolute atomic E-state index is 12.0. The van der Waals surface area contributed by atoms with Gasteiger partial charge in [-0.25, -0.2) is 0 Å². The number of benzene rings is 1. The molecule has 0 spiro atoms. The third-order valence-corrected chi connectivity index (χ3v) is 3.33. The lowest BCUT2D eigenvalue weighted by atomic mass is 9.96. The second-order valence-electron chi connectivity index (χ2n) is 4.66. The SMILES string of the molecule is Cc1ccc(C(=O)CC2CCOC2)cc1C. The summed E-state index contributed by atoms with van der Waals surface area (Å²) in [6, 6.07) is 5.95. The molecule has 1 atom stereocenters. The number of hydrogen-bond donors (Lipinski definition) is 0. The van der Waals surface area contributed by atoms with Gasteiger partial charge in [0.2, 0.25) is 0 Å². The normalized spacial score (nSPS) is 20.0. The molecule has 16 heavy (non-hydrogen) atoms. The third kappa shape index (κ3) is 2.50. The molecule has 1 aromatic rings. The van der Waals surface area contributed by atoms with Crippen molar-refractivity contribution < 1.29 is 9.53 Å². The molecule has 0 radical (unpaired) electrons. The maximum Gasteiger partial charge on any atom is 0.163 e. The van der Waals surface area contributed by atoms with E-state index in [0.717, 1.165) is 25.2 Å². The summed E-state index contributed by atoms with van der Waals surface area (Å²) in [5.74, 6) is 0.674. The van der Waals surface area contributed by atoms with Crippen molar-refractivity contribution in [1.82, 2.24) is 0 Å². The zero-order valence-electron chi connectivity index (χ0n) is 9.95. The molecule has 0 bridgehead atoms. The fraction of sp³-hybridized carbons (Fsp3) is 0.500. The average Bonchev–Trinajstić information content (AvgIpc) is 2.74. The van der Waals surface area contributed by atoms with Crippen LogP contribution in [-0.2, 0) is 4.74 Å². The van der Waals surface area contributed by atoms with Gasteiger partial charge < -0.3 is 4.74 Å². The second-order valence-corrected chi connectivity index (χ2v) is 4.66. The van der Waals surface area contributed by atoms with Gasteiger partial charge in [-0.1, -0.05) is 12.1 Å². The number of ketones is 1. The Morgan fingerprint density at radius 2 is 2.19 bits per heavy atom. The minimum absolute atomic E-state index is 0.249. The van der Waals surface area contributed by atoms with Gasteiger partial charge >= 0.3 is 0 Å². The van der Waals surface area contributed by atoms with E-state index >= 15 is 0 Å². The summed E-state index contributed by atoms with van der Waals surface area (Å²) < 4.78 is 5.28. The highest BCUT2D eigenvalue weighted by Gasteiger charge is 2.19. The van der Waals surface area contributed by atoms with Gasteiger partial charge in [0.25, 0.3) is 0 Å². The summed E-state index contributed by atoms with van der Waals surface area (Å²) in [6.07, 6.45) is 1.65. The topological polar surface area (TPSA) is 26.3 Å². The molecular weight excluding hydrogens is 200 g/mol. The van der Waals surface area contributed by atoms with Crippen LogP contribution < -0.4 is 0 Å². The van der Waals surface area contributed by atoms with E-state index < -0.39 is 0 Å². The highest BCUT2D eigenvalue weighted by atomic mass is 16.5. The third-order valence-electron chi connectivity index (χ3n) is 3.33. The van der Waals surface area contributed by atoms with Crippen LogP contribution in [0, 0.1) is 19.8 Å². The van der Waals surface area contributed by atoms with Crippen molar-refractivity contribution in [2.45, 2.75) is 26.7 Å². The average molecular weight is 218 g/mol. The number of Topliss-reactive ketones (excluding diaryl/α,β-unsaturated/α-hetero) is 1. The van der Waals surface area contributed by atoms with Crippen molar-refractivity contribution in [3.8, 4) is 0 Å². The van der Waals surface area contributed by atoms with Gasteiger partial charge in [0, 0.05) is 25.2 Å². The van der Waals surface area contributed by atoms with Crippen molar-refractivity contribution >= 4 is 5.78 Å². The quantitative estimate of drug-likeness (QED) is 0.729. The standard InChI is InChI=1S/C14H18O2/c1-10-3-4-13(7-11(10)2)14(15)8-12-5-6-16-9-12/h3-4,7,12H,5-6,8-9H2,1-2H3. The van der Waals surface area contributed by atoms with Crippen LogP contribution in [0.15, 0.2) is 18.2 Å². The summed E-state index contributed by atoms with van der Waals surface area (Å²) in [5, 5.41) is 0. The van der Waals surface area contributed by atoms with E-state index in [1.165, 1.54) is 11.1 Å². The molecule has 0 amide bonds. The van der Waals surface area contributed by atoms with Crippen LogP contribution in [0.3, 0.4) is 0 Å². The second kappa shape index (κ2) is 4.79. The zero-order valence-corrected chi connectivity index (χ0v) is 9.95. The van der Waals surface area contributed by atoms with Crippen LogP contribution in [0.1, 0.15) is 34.3 Å². The number of rotatable bonds is 3. The Balaban J connectivity index is 2.05. The maximum atomic E-state index is 12.0. The summed E-state index contributed by atoms with van der Waals surface area (Å²) >= 11 is 0. The fourth-order valence-corrected chi connectivity index (χ4v) is 2.04. The predicted octanol–water partition coefficient (Wildman–Crippen LogP) is 2.91. The van der Waals surface area contributed by atoms with E-state index in [2.05, 4.69) is 6.92 Å². The monoisotopic (exact) mass is 218 g/mol. The van der Waals surface area contributed by atoms with Gasteiger partial charge in [0.15, 0.2) is 5.78 Å². The summed E-state index contributed by atoms with van der Waals surface area (Å²) in [4.78, 5) is 12.0. The minimum Gasteiger partial charge on any atom is -0.381 e. The summed E-state index contributed by atoms with van der Waals surface area (Å²) in [5.41, 5.74) is 3.27. The Labute approximate surface area is 96.6 Å². The predicted molar refractivity (Wildman–Crippen MR) is 63.8 cm³/mol. The van der Waals surface area contributed by atoms with Crippen molar-refractivity contribution in [2.75, 3.05) is 13.2 Å². The number of carbonyl (C=O) groups excluding carboxylic acids is 1. The molecule has 1 saturated heterocycles. The minimum atomic E-state index is 0.249. The van der Waals surface area contributed by atoms with Gasteiger partial charge in [0.05, 0.1) is 0 Å². The number of aryl methyl sites for hydroxylation is 2. The van der Waals surface area contributed by atoms with Crippen LogP contribution in [0.5, 0.6) is 0 Å². The molecule has 0 saturated carbocycles. The van der Waals surface area contributed by atoms with E-state index in [-0.39, 0.29) is 5.78 Å². The molecule has 1 aliphatic rings. The first kappa shape index (κ1) is 11.3. The lowest BCUT2D eigenvalue weighted by Gasteiger charge is -2.08. The first-order valence-corrected chi connectivity index (χ1v) is 5.85. The van der Waals surface area contributed by atoms with E-state index in [4.69, 9.17) is 4.74 Å². The smallest absolute Gasteiger partial charge is 0.163 e. The van der Waals surface area contributed by atoms with Crippen LogP contribution >= 0.6 is 0 Å². The van der Waals surface area contributed by atoms with E-state index in [0.29, 0.717) is 12.3 Å². The number of carbonyl (C=O) groups is 1.